The highest BCUT2D eigenvalue weighted by Gasteiger charge is 2.19. The molecule has 0 saturated carbocycles. The van der Waals surface area contributed by atoms with Crippen molar-refractivity contribution < 1.29 is 9.59 Å². The van der Waals surface area contributed by atoms with E-state index < -0.39 is 0 Å². The zero-order valence-corrected chi connectivity index (χ0v) is 11.5. The lowest BCUT2D eigenvalue weighted by atomic mass is 10.1. The van der Waals surface area contributed by atoms with Crippen LogP contribution in [0.15, 0.2) is 24.4 Å². The fourth-order valence-corrected chi connectivity index (χ4v) is 2.28. The summed E-state index contributed by atoms with van der Waals surface area (Å²) in [5.74, 6) is 0.269. The maximum atomic E-state index is 12.1. The lowest BCUT2D eigenvalue weighted by molar-refractivity contribution is -0.115. The van der Waals surface area contributed by atoms with Gasteiger partial charge in [-0.2, -0.15) is 5.10 Å². The maximum absolute atomic E-state index is 12.1. The van der Waals surface area contributed by atoms with Crippen LogP contribution in [0.25, 0.3) is 0 Å². The summed E-state index contributed by atoms with van der Waals surface area (Å²) in [6, 6.07) is 5.16. The van der Waals surface area contributed by atoms with Crippen molar-refractivity contribution in [3.63, 3.8) is 0 Å². The van der Waals surface area contributed by atoms with Gasteiger partial charge in [0.05, 0.1) is 12.6 Å². The van der Waals surface area contributed by atoms with Crippen LogP contribution >= 0.6 is 0 Å². The molecule has 0 radical (unpaired) electrons. The minimum Gasteiger partial charge on any atom is -0.384 e. The van der Waals surface area contributed by atoms with E-state index in [9.17, 15) is 9.59 Å². The van der Waals surface area contributed by atoms with Crippen LogP contribution in [0, 0.1) is 0 Å². The highest BCUT2D eigenvalue weighted by Crippen LogP contribution is 2.23. The van der Waals surface area contributed by atoms with Gasteiger partial charge in [0.2, 0.25) is 5.91 Å². The van der Waals surface area contributed by atoms with Crippen LogP contribution in [-0.2, 0) is 24.8 Å². The first-order chi connectivity index (χ1) is 10.0. The first kappa shape index (κ1) is 13.2. The highest BCUT2D eigenvalue weighted by molar-refractivity contribution is 6.01. The number of hydrogen-bond acceptors (Lipinski definition) is 4. The number of hydrogen-bond donors (Lipinski definition) is 3. The van der Waals surface area contributed by atoms with E-state index in [1.165, 1.54) is 0 Å². The van der Waals surface area contributed by atoms with E-state index in [0.717, 1.165) is 16.8 Å². The lowest BCUT2D eigenvalue weighted by Gasteiger charge is -2.06. The quantitative estimate of drug-likeness (QED) is 0.761. The van der Waals surface area contributed by atoms with Gasteiger partial charge in [-0.15, -0.1) is 0 Å². The summed E-state index contributed by atoms with van der Waals surface area (Å²) in [5.41, 5.74) is 8.72. The number of carbonyl (C=O) groups is 2. The molecule has 21 heavy (non-hydrogen) atoms. The van der Waals surface area contributed by atoms with Crippen LogP contribution in [0.1, 0.15) is 21.5 Å². The average molecular weight is 285 g/mol. The largest absolute Gasteiger partial charge is 0.384 e. The molecule has 7 nitrogen and oxygen atoms in total. The van der Waals surface area contributed by atoms with Crippen molar-refractivity contribution in [2.75, 3.05) is 11.1 Å². The molecule has 0 atom stereocenters. The smallest absolute Gasteiger partial charge is 0.251 e. The van der Waals surface area contributed by atoms with E-state index in [2.05, 4.69) is 15.7 Å². The highest BCUT2D eigenvalue weighted by atomic mass is 16.2. The molecule has 0 fully saturated rings. The SMILES string of the molecule is Cn1ncc(CNC(=O)c2ccc3c(c2)CC(=O)N3)c1N. The number of nitrogen functional groups attached to an aromatic ring is 1. The van der Waals surface area contributed by atoms with Crippen LogP contribution in [0.4, 0.5) is 11.5 Å². The standard InChI is InChI=1S/C14H15N5O2/c1-19-13(15)10(7-17-19)6-16-14(21)8-2-3-11-9(4-8)5-12(20)18-11/h2-4,7H,5-6,15H2,1H3,(H,16,21)(H,18,20). The van der Waals surface area contributed by atoms with Crippen molar-refractivity contribution >= 4 is 23.3 Å². The molecule has 1 aliphatic rings. The fourth-order valence-electron chi connectivity index (χ4n) is 2.28. The molecular formula is C14H15N5O2. The second kappa shape index (κ2) is 4.93. The van der Waals surface area contributed by atoms with Crippen molar-refractivity contribution in [2.45, 2.75) is 13.0 Å². The van der Waals surface area contributed by atoms with Gasteiger partial charge in [-0.25, -0.2) is 0 Å². The van der Waals surface area contributed by atoms with Crippen molar-refractivity contribution in [2.24, 2.45) is 7.05 Å². The van der Waals surface area contributed by atoms with Crippen LogP contribution in [0.3, 0.4) is 0 Å². The third-order valence-electron chi connectivity index (χ3n) is 3.50. The van der Waals surface area contributed by atoms with Gasteiger partial charge in [-0.05, 0) is 23.8 Å². The van der Waals surface area contributed by atoms with E-state index in [0.29, 0.717) is 24.3 Å². The number of benzene rings is 1. The molecule has 108 valence electrons. The molecule has 2 aromatic rings. The van der Waals surface area contributed by atoms with E-state index in [1.807, 2.05) is 0 Å². The number of aryl methyl sites for hydroxylation is 1. The molecule has 0 bridgehead atoms. The second-order valence-corrected chi connectivity index (χ2v) is 4.96. The van der Waals surface area contributed by atoms with Crippen molar-refractivity contribution in [1.82, 2.24) is 15.1 Å². The molecule has 1 aromatic carbocycles. The number of anilines is 2. The zero-order chi connectivity index (χ0) is 15.0. The number of aromatic nitrogens is 2. The monoisotopic (exact) mass is 285 g/mol. The van der Waals surface area contributed by atoms with Crippen LogP contribution in [0.2, 0.25) is 0 Å². The van der Waals surface area contributed by atoms with E-state index in [1.54, 1.807) is 36.1 Å². The molecular weight excluding hydrogens is 270 g/mol. The second-order valence-electron chi connectivity index (χ2n) is 4.96. The van der Waals surface area contributed by atoms with Crippen molar-refractivity contribution in [1.29, 1.82) is 0 Å². The zero-order valence-electron chi connectivity index (χ0n) is 11.5. The Morgan fingerprint density at radius 1 is 1.52 bits per heavy atom. The number of nitrogens with two attached hydrogens (primary N) is 1. The Morgan fingerprint density at radius 3 is 3.05 bits per heavy atom. The minimum atomic E-state index is -0.208. The molecule has 2 amide bonds. The minimum absolute atomic E-state index is 0.0503. The lowest BCUT2D eigenvalue weighted by Crippen LogP contribution is -2.23. The van der Waals surface area contributed by atoms with Gasteiger partial charge in [0.25, 0.3) is 5.91 Å². The molecule has 1 aromatic heterocycles. The number of nitrogens with zero attached hydrogens (tertiary/aromatic N) is 2. The average Bonchev–Trinajstić information content (AvgIpc) is 2.98. The normalized spacial score (nSPS) is 12.9. The Balaban J connectivity index is 1.70. The summed E-state index contributed by atoms with van der Waals surface area (Å²) in [7, 11) is 1.74. The van der Waals surface area contributed by atoms with Gasteiger partial charge in [0.1, 0.15) is 5.82 Å². The summed E-state index contributed by atoms with van der Waals surface area (Å²) < 4.78 is 1.55. The predicted molar refractivity (Wildman–Crippen MR) is 77.6 cm³/mol. The summed E-state index contributed by atoms with van der Waals surface area (Å²) in [5, 5.41) is 9.54. The van der Waals surface area contributed by atoms with Gasteiger partial charge in [-0.1, -0.05) is 0 Å². The van der Waals surface area contributed by atoms with E-state index in [-0.39, 0.29) is 11.8 Å². The van der Waals surface area contributed by atoms with Crippen LogP contribution in [-0.4, -0.2) is 21.6 Å². The van der Waals surface area contributed by atoms with Gasteiger partial charge in [-0.3, -0.25) is 14.3 Å². The maximum Gasteiger partial charge on any atom is 0.251 e. The van der Waals surface area contributed by atoms with Crippen LogP contribution < -0.4 is 16.4 Å². The Hall–Kier alpha value is -2.83. The van der Waals surface area contributed by atoms with Gasteiger partial charge in [0.15, 0.2) is 0 Å². The van der Waals surface area contributed by atoms with Gasteiger partial charge >= 0.3 is 0 Å². The third kappa shape index (κ3) is 2.45. The van der Waals surface area contributed by atoms with Crippen molar-refractivity contribution in [3.8, 4) is 0 Å². The number of fused-ring (bicyclic) bond motifs is 1. The molecule has 7 heteroatoms. The number of rotatable bonds is 3. The Bertz CT molecular complexity index is 735. The summed E-state index contributed by atoms with van der Waals surface area (Å²) >= 11 is 0. The number of nitrogens with one attached hydrogen (secondary N) is 2. The first-order valence-electron chi connectivity index (χ1n) is 6.52. The molecule has 0 saturated heterocycles. The first-order valence-corrected chi connectivity index (χ1v) is 6.52. The molecule has 2 heterocycles. The Morgan fingerprint density at radius 2 is 2.33 bits per heavy atom. The number of carbonyl (C=O) groups excluding carboxylic acids is 2. The molecule has 0 aliphatic carbocycles. The molecule has 0 unspecified atom stereocenters. The van der Waals surface area contributed by atoms with Crippen molar-refractivity contribution in [3.05, 3.63) is 41.1 Å². The fraction of sp³-hybridized carbons (Fsp3) is 0.214. The Kier molecular flexibility index (Phi) is 3.09. The summed E-state index contributed by atoms with van der Waals surface area (Å²) in [4.78, 5) is 23.4. The third-order valence-corrected chi connectivity index (χ3v) is 3.50. The predicted octanol–water partition coefficient (Wildman–Crippen LogP) is 0.427. The topological polar surface area (TPSA) is 102 Å². The molecule has 4 N–H and O–H groups in total. The number of amides is 2. The van der Waals surface area contributed by atoms with E-state index in [4.69, 9.17) is 5.73 Å². The summed E-state index contributed by atoms with van der Waals surface area (Å²) in [6.07, 6.45) is 1.94. The molecule has 0 spiro atoms. The summed E-state index contributed by atoms with van der Waals surface area (Å²) in [6.45, 7) is 0.312. The Labute approximate surface area is 121 Å². The van der Waals surface area contributed by atoms with Crippen LogP contribution in [0.5, 0.6) is 0 Å². The van der Waals surface area contributed by atoms with Gasteiger partial charge < -0.3 is 16.4 Å². The molecule has 3 rings (SSSR count). The molecule has 1 aliphatic heterocycles. The van der Waals surface area contributed by atoms with E-state index >= 15 is 0 Å². The van der Waals surface area contributed by atoms with Gasteiger partial charge in [0, 0.05) is 30.4 Å².